The minimum absolute atomic E-state index is 0.0287. The first-order valence-corrected chi connectivity index (χ1v) is 9.24. The number of benzene rings is 1. The summed E-state index contributed by atoms with van der Waals surface area (Å²) in [5.41, 5.74) is 3.34. The van der Waals surface area contributed by atoms with Crippen LogP contribution in [-0.4, -0.2) is 23.5 Å². The lowest BCUT2D eigenvalue weighted by molar-refractivity contribution is -0.115. The van der Waals surface area contributed by atoms with E-state index in [1.807, 2.05) is 43.5 Å². The van der Waals surface area contributed by atoms with E-state index >= 15 is 0 Å². The average Bonchev–Trinajstić information content (AvgIpc) is 2.64. The summed E-state index contributed by atoms with van der Waals surface area (Å²) in [4.78, 5) is 19.2. The Morgan fingerprint density at radius 3 is 2.80 bits per heavy atom. The molecule has 1 aliphatic rings. The highest BCUT2D eigenvalue weighted by atomic mass is 16.1. The number of nitrogens with zero attached hydrogens (tertiary/aromatic N) is 2. The van der Waals surface area contributed by atoms with E-state index in [9.17, 15) is 4.79 Å². The summed E-state index contributed by atoms with van der Waals surface area (Å²) in [6.07, 6.45) is 7.23. The molecule has 1 N–H and O–H groups in total. The smallest absolute Gasteiger partial charge is 0.229 e. The van der Waals surface area contributed by atoms with E-state index in [4.69, 9.17) is 0 Å². The Bertz CT molecular complexity index is 711. The van der Waals surface area contributed by atoms with Crippen LogP contribution in [0.1, 0.15) is 43.7 Å². The van der Waals surface area contributed by atoms with Gasteiger partial charge in [0.15, 0.2) is 0 Å². The minimum atomic E-state index is -0.0287. The van der Waals surface area contributed by atoms with Gasteiger partial charge in [0, 0.05) is 12.6 Å². The monoisotopic (exact) mass is 337 g/mol. The van der Waals surface area contributed by atoms with E-state index in [2.05, 4.69) is 28.2 Å². The number of amides is 1. The number of carbonyl (C=O) groups is 1. The van der Waals surface area contributed by atoms with Crippen LogP contribution in [0.4, 0.5) is 11.5 Å². The maximum absolute atomic E-state index is 12.3. The van der Waals surface area contributed by atoms with Gasteiger partial charge in [-0.15, -0.1) is 0 Å². The number of hydrogen-bond donors (Lipinski definition) is 1. The molecular formula is C21H27N3O. The standard InChI is InChI=1S/C21H27N3O/c1-3-18-10-6-7-13-24(18)19-11-12-20(22-15-19)23-21(25)14-17-9-5-4-8-16(17)2/h4-5,8-9,11-12,15,18H,3,6-7,10,13-14H2,1-2H3,(H,22,23,25). The predicted molar refractivity (Wildman–Crippen MR) is 103 cm³/mol. The van der Waals surface area contributed by atoms with Crippen molar-refractivity contribution in [3.05, 3.63) is 53.7 Å². The second-order valence-corrected chi connectivity index (χ2v) is 6.80. The van der Waals surface area contributed by atoms with Crippen LogP contribution in [0.5, 0.6) is 0 Å². The summed E-state index contributed by atoms with van der Waals surface area (Å²) in [6.45, 7) is 5.37. The lowest BCUT2D eigenvalue weighted by Crippen LogP contribution is -2.39. The molecule has 2 aromatic rings. The molecule has 3 rings (SSSR count). The van der Waals surface area contributed by atoms with Crippen LogP contribution in [0.15, 0.2) is 42.6 Å². The van der Waals surface area contributed by atoms with E-state index < -0.39 is 0 Å². The first-order chi connectivity index (χ1) is 12.2. The summed E-state index contributed by atoms with van der Waals surface area (Å²) >= 11 is 0. The van der Waals surface area contributed by atoms with Crippen molar-refractivity contribution in [3.8, 4) is 0 Å². The summed E-state index contributed by atoms with van der Waals surface area (Å²) in [6, 6.07) is 12.6. The number of aromatic nitrogens is 1. The molecule has 25 heavy (non-hydrogen) atoms. The second-order valence-electron chi connectivity index (χ2n) is 6.80. The Morgan fingerprint density at radius 2 is 2.08 bits per heavy atom. The normalized spacial score (nSPS) is 17.4. The molecule has 1 aliphatic heterocycles. The number of pyridine rings is 1. The summed E-state index contributed by atoms with van der Waals surface area (Å²) in [5.74, 6) is 0.589. The number of anilines is 2. The third-order valence-corrected chi connectivity index (χ3v) is 5.06. The zero-order valence-corrected chi connectivity index (χ0v) is 15.2. The molecule has 0 saturated carbocycles. The molecule has 0 bridgehead atoms. The third-order valence-electron chi connectivity index (χ3n) is 5.06. The van der Waals surface area contributed by atoms with Crippen LogP contribution >= 0.6 is 0 Å². The number of nitrogens with one attached hydrogen (secondary N) is 1. The maximum Gasteiger partial charge on any atom is 0.229 e. The van der Waals surface area contributed by atoms with Crippen LogP contribution in [0, 0.1) is 6.92 Å². The number of rotatable bonds is 5. The van der Waals surface area contributed by atoms with Gasteiger partial charge in [0.2, 0.25) is 5.91 Å². The van der Waals surface area contributed by atoms with Crippen molar-refractivity contribution in [3.63, 3.8) is 0 Å². The van der Waals surface area contributed by atoms with Crippen molar-refractivity contribution >= 4 is 17.4 Å². The average molecular weight is 337 g/mol. The molecule has 1 aromatic heterocycles. The van der Waals surface area contributed by atoms with E-state index in [1.54, 1.807) is 0 Å². The molecule has 1 atom stereocenters. The number of hydrogen-bond acceptors (Lipinski definition) is 3. The van der Waals surface area contributed by atoms with E-state index in [1.165, 1.54) is 19.3 Å². The summed E-state index contributed by atoms with van der Waals surface area (Å²) in [7, 11) is 0. The van der Waals surface area contributed by atoms with Crippen LogP contribution in [-0.2, 0) is 11.2 Å². The Labute approximate surface area is 150 Å². The van der Waals surface area contributed by atoms with Gasteiger partial charge in [-0.05, 0) is 55.9 Å². The Hall–Kier alpha value is -2.36. The lowest BCUT2D eigenvalue weighted by atomic mass is 9.99. The van der Waals surface area contributed by atoms with Crippen molar-refractivity contribution in [1.82, 2.24) is 4.98 Å². The third kappa shape index (κ3) is 4.38. The van der Waals surface area contributed by atoms with Gasteiger partial charge < -0.3 is 10.2 Å². The molecule has 4 nitrogen and oxygen atoms in total. The molecule has 0 spiro atoms. The molecule has 1 amide bonds. The van der Waals surface area contributed by atoms with Crippen molar-refractivity contribution in [2.24, 2.45) is 0 Å². The van der Waals surface area contributed by atoms with Crippen LogP contribution < -0.4 is 10.2 Å². The number of aryl methyl sites for hydroxylation is 1. The fourth-order valence-electron chi connectivity index (χ4n) is 3.56. The minimum Gasteiger partial charge on any atom is -0.367 e. The lowest BCUT2D eigenvalue weighted by Gasteiger charge is -2.37. The Kier molecular flexibility index (Phi) is 5.69. The van der Waals surface area contributed by atoms with Gasteiger partial charge in [-0.3, -0.25) is 4.79 Å². The van der Waals surface area contributed by atoms with E-state index in [0.717, 1.165) is 29.8 Å². The quantitative estimate of drug-likeness (QED) is 0.883. The largest absolute Gasteiger partial charge is 0.367 e. The van der Waals surface area contributed by atoms with Crippen LogP contribution in [0.3, 0.4) is 0 Å². The van der Waals surface area contributed by atoms with Gasteiger partial charge >= 0.3 is 0 Å². The van der Waals surface area contributed by atoms with E-state index in [-0.39, 0.29) is 5.91 Å². The predicted octanol–water partition coefficient (Wildman–Crippen LogP) is 4.34. The zero-order valence-electron chi connectivity index (χ0n) is 15.2. The van der Waals surface area contributed by atoms with Gasteiger partial charge in [-0.2, -0.15) is 0 Å². The Morgan fingerprint density at radius 1 is 1.24 bits per heavy atom. The van der Waals surface area contributed by atoms with Crippen molar-refractivity contribution in [2.45, 2.75) is 52.0 Å². The molecular weight excluding hydrogens is 310 g/mol. The van der Waals surface area contributed by atoms with Crippen LogP contribution in [0.25, 0.3) is 0 Å². The molecule has 1 saturated heterocycles. The molecule has 1 aromatic carbocycles. The fourth-order valence-corrected chi connectivity index (χ4v) is 3.56. The summed E-state index contributed by atoms with van der Waals surface area (Å²) in [5, 5.41) is 2.90. The first kappa shape index (κ1) is 17.5. The maximum atomic E-state index is 12.3. The summed E-state index contributed by atoms with van der Waals surface area (Å²) < 4.78 is 0. The molecule has 132 valence electrons. The van der Waals surface area contributed by atoms with Crippen molar-refractivity contribution < 1.29 is 4.79 Å². The number of carbonyl (C=O) groups excluding carboxylic acids is 1. The highest BCUT2D eigenvalue weighted by Crippen LogP contribution is 2.26. The first-order valence-electron chi connectivity index (χ1n) is 9.24. The molecule has 1 fully saturated rings. The van der Waals surface area contributed by atoms with Gasteiger partial charge in [0.25, 0.3) is 0 Å². The topological polar surface area (TPSA) is 45.2 Å². The van der Waals surface area contributed by atoms with Crippen molar-refractivity contribution in [2.75, 3.05) is 16.8 Å². The van der Waals surface area contributed by atoms with E-state index in [0.29, 0.717) is 18.3 Å². The van der Waals surface area contributed by atoms with Gasteiger partial charge in [-0.1, -0.05) is 31.2 Å². The molecule has 4 heteroatoms. The fraction of sp³-hybridized carbons (Fsp3) is 0.429. The molecule has 1 unspecified atom stereocenters. The second kappa shape index (κ2) is 8.15. The highest BCUT2D eigenvalue weighted by molar-refractivity contribution is 5.91. The van der Waals surface area contributed by atoms with Gasteiger partial charge in [0.1, 0.15) is 5.82 Å². The highest BCUT2D eigenvalue weighted by Gasteiger charge is 2.21. The number of piperidine rings is 1. The van der Waals surface area contributed by atoms with Crippen molar-refractivity contribution in [1.29, 1.82) is 0 Å². The van der Waals surface area contributed by atoms with Crippen LogP contribution in [0.2, 0.25) is 0 Å². The molecule has 2 heterocycles. The van der Waals surface area contributed by atoms with Gasteiger partial charge in [-0.25, -0.2) is 4.98 Å². The zero-order chi connectivity index (χ0) is 17.6. The SMILES string of the molecule is CCC1CCCCN1c1ccc(NC(=O)Cc2ccccc2C)nc1. The van der Waals surface area contributed by atoms with Gasteiger partial charge in [0.05, 0.1) is 18.3 Å². The molecule has 0 radical (unpaired) electrons. The Balaban J connectivity index is 1.62. The molecule has 0 aliphatic carbocycles.